The summed E-state index contributed by atoms with van der Waals surface area (Å²) < 4.78 is 6.90. The van der Waals surface area contributed by atoms with Gasteiger partial charge in [0.1, 0.15) is 0 Å². The van der Waals surface area contributed by atoms with Gasteiger partial charge in [0.2, 0.25) is 0 Å². The van der Waals surface area contributed by atoms with Gasteiger partial charge in [0.15, 0.2) is 0 Å². The van der Waals surface area contributed by atoms with Gasteiger partial charge < -0.3 is 9.14 Å². The predicted molar refractivity (Wildman–Crippen MR) is 62.7 cm³/mol. The van der Waals surface area contributed by atoms with E-state index < -0.39 is 0 Å². The van der Waals surface area contributed by atoms with Crippen LogP contribution in [0.15, 0.2) is 30.6 Å². The highest BCUT2D eigenvalue weighted by atomic mass is 16.5. The second-order valence-electron chi connectivity index (χ2n) is 3.67. The lowest BCUT2D eigenvalue weighted by Gasteiger charge is -1.97. The molecule has 0 amide bonds. The minimum Gasteiger partial charge on any atom is -0.462 e. The topological polar surface area (TPSA) is 30.7 Å². The minimum absolute atomic E-state index is 0.260. The van der Waals surface area contributed by atoms with Crippen LogP contribution in [0, 0.1) is 0 Å². The highest BCUT2D eigenvalue weighted by Crippen LogP contribution is 2.13. The van der Waals surface area contributed by atoms with Gasteiger partial charge in [-0.3, -0.25) is 0 Å². The Morgan fingerprint density at radius 2 is 2.19 bits per heavy atom. The van der Waals surface area contributed by atoms with E-state index in [1.807, 2.05) is 23.6 Å². The van der Waals surface area contributed by atoms with E-state index in [0.717, 1.165) is 11.9 Å². The first-order chi connectivity index (χ1) is 7.74. The maximum Gasteiger partial charge on any atom is 0.339 e. The Labute approximate surface area is 94.6 Å². The average Bonchev–Trinajstić information content (AvgIpc) is 2.71. The molecule has 2 aromatic rings. The smallest absolute Gasteiger partial charge is 0.339 e. The zero-order chi connectivity index (χ0) is 11.5. The van der Waals surface area contributed by atoms with Gasteiger partial charge in [0, 0.05) is 17.9 Å². The molecule has 2 rings (SSSR count). The van der Waals surface area contributed by atoms with E-state index >= 15 is 0 Å². The highest BCUT2D eigenvalue weighted by Gasteiger charge is 2.09. The molecule has 0 aliphatic rings. The maximum absolute atomic E-state index is 11.5. The molecule has 2 heterocycles. The number of aromatic nitrogens is 1. The van der Waals surface area contributed by atoms with Crippen molar-refractivity contribution in [3.63, 3.8) is 0 Å². The minimum atomic E-state index is -0.260. The van der Waals surface area contributed by atoms with Crippen molar-refractivity contribution < 1.29 is 9.53 Å². The number of aryl methyl sites for hydroxylation is 1. The first kappa shape index (κ1) is 10.7. The number of pyridine rings is 1. The van der Waals surface area contributed by atoms with Gasteiger partial charge in [-0.2, -0.15) is 0 Å². The molecule has 0 bridgehead atoms. The van der Waals surface area contributed by atoms with Crippen molar-refractivity contribution >= 4 is 11.5 Å². The number of rotatable bonds is 3. The molecule has 0 spiro atoms. The Hall–Kier alpha value is -1.77. The lowest BCUT2D eigenvalue weighted by molar-refractivity contribution is 0.0526. The molecular weight excluding hydrogens is 202 g/mol. The fraction of sp³-hybridized carbons (Fsp3) is 0.308. The van der Waals surface area contributed by atoms with Gasteiger partial charge in [-0.1, -0.05) is 6.92 Å². The van der Waals surface area contributed by atoms with Gasteiger partial charge in [-0.05, 0) is 37.1 Å². The van der Waals surface area contributed by atoms with E-state index in [0.29, 0.717) is 12.2 Å². The lowest BCUT2D eigenvalue weighted by Crippen LogP contribution is -2.02. The van der Waals surface area contributed by atoms with Crippen LogP contribution in [0.3, 0.4) is 0 Å². The SMILES string of the molecule is CCOC(=O)c1cc2cc(CC)ccn2c1. The average molecular weight is 217 g/mol. The first-order valence-electron chi connectivity index (χ1n) is 5.52. The van der Waals surface area contributed by atoms with Crippen molar-refractivity contribution in [3.8, 4) is 0 Å². The van der Waals surface area contributed by atoms with E-state index in [9.17, 15) is 4.79 Å². The van der Waals surface area contributed by atoms with Crippen LogP contribution in [0.25, 0.3) is 5.52 Å². The summed E-state index contributed by atoms with van der Waals surface area (Å²) in [5, 5.41) is 0. The molecule has 16 heavy (non-hydrogen) atoms. The second kappa shape index (κ2) is 4.39. The van der Waals surface area contributed by atoms with E-state index in [2.05, 4.69) is 19.1 Å². The Bertz CT molecular complexity index is 514. The number of fused-ring (bicyclic) bond motifs is 1. The molecule has 3 nitrogen and oxygen atoms in total. The number of carbonyl (C=O) groups is 1. The van der Waals surface area contributed by atoms with Gasteiger partial charge in [0.05, 0.1) is 12.2 Å². The van der Waals surface area contributed by atoms with Crippen LogP contribution in [-0.4, -0.2) is 17.0 Å². The van der Waals surface area contributed by atoms with Crippen molar-refractivity contribution in [1.29, 1.82) is 0 Å². The zero-order valence-electron chi connectivity index (χ0n) is 9.56. The van der Waals surface area contributed by atoms with Gasteiger partial charge >= 0.3 is 5.97 Å². The third kappa shape index (κ3) is 1.94. The summed E-state index contributed by atoms with van der Waals surface area (Å²) in [6, 6.07) is 6.00. The first-order valence-corrected chi connectivity index (χ1v) is 5.52. The zero-order valence-corrected chi connectivity index (χ0v) is 9.56. The third-order valence-corrected chi connectivity index (χ3v) is 2.58. The summed E-state index contributed by atoms with van der Waals surface area (Å²) >= 11 is 0. The van der Waals surface area contributed by atoms with Crippen molar-refractivity contribution in [2.45, 2.75) is 20.3 Å². The molecule has 0 atom stereocenters. The predicted octanol–water partition coefficient (Wildman–Crippen LogP) is 2.68. The van der Waals surface area contributed by atoms with Crippen LogP contribution in [-0.2, 0) is 11.2 Å². The number of nitrogens with zero attached hydrogens (tertiary/aromatic N) is 1. The molecular formula is C13H15NO2. The molecule has 0 aromatic carbocycles. The molecule has 0 fully saturated rings. The Kier molecular flexibility index (Phi) is 2.95. The third-order valence-electron chi connectivity index (χ3n) is 2.58. The Morgan fingerprint density at radius 3 is 2.88 bits per heavy atom. The summed E-state index contributed by atoms with van der Waals surface area (Å²) in [7, 11) is 0. The van der Waals surface area contributed by atoms with E-state index in [1.165, 1.54) is 5.56 Å². The number of esters is 1. The standard InChI is InChI=1S/C13H15NO2/c1-3-10-5-6-14-9-11(8-12(14)7-10)13(15)16-4-2/h5-9H,3-4H2,1-2H3. The number of hydrogen-bond acceptors (Lipinski definition) is 2. The highest BCUT2D eigenvalue weighted by molar-refractivity contribution is 5.91. The molecule has 0 saturated carbocycles. The van der Waals surface area contributed by atoms with Gasteiger partial charge in [-0.15, -0.1) is 0 Å². The van der Waals surface area contributed by atoms with Crippen LogP contribution in [0.4, 0.5) is 0 Å². The maximum atomic E-state index is 11.5. The summed E-state index contributed by atoms with van der Waals surface area (Å²) in [6.07, 6.45) is 4.76. The van der Waals surface area contributed by atoms with Crippen molar-refractivity contribution in [3.05, 3.63) is 41.7 Å². The largest absolute Gasteiger partial charge is 0.462 e. The van der Waals surface area contributed by atoms with Crippen LogP contribution < -0.4 is 0 Å². The van der Waals surface area contributed by atoms with E-state index in [1.54, 1.807) is 6.20 Å². The van der Waals surface area contributed by atoms with Crippen LogP contribution >= 0.6 is 0 Å². The second-order valence-corrected chi connectivity index (χ2v) is 3.67. The van der Waals surface area contributed by atoms with Crippen LogP contribution in [0.2, 0.25) is 0 Å². The van der Waals surface area contributed by atoms with Gasteiger partial charge in [-0.25, -0.2) is 4.79 Å². The normalized spacial score (nSPS) is 10.6. The van der Waals surface area contributed by atoms with Crippen molar-refractivity contribution in [1.82, 2.24) is 4.40 Å². The Morgan fingerprint density at radius 1 is 1.38 bits per heavy atom. The molecule has 84 valence electrons. The summed E-state index contributed by atoms with van der Waals surface area (Å²) in [5.41, 5.74) is 2.90. The monoisotopic (exact) mass is 217 g/mol. The molecule has 0 aliphatic heterocycles. The van der Waals surface area contributed by atoms with Crippen LogP contribution in [0.5, 0.6) is 0 Å². The quantitative estimate of drug-likeness (QED) is 0.740. The summed E-state index contributed by atoms with van der Waals surface area (Å²) in [6.45, 7) is 4.33. The molecule has 0 saturated heterocycles. The summed E-state index contributed by atoms with van der Waals surface area (Å²) in [5.74, 6) is -0.260. The number of carbonyl (C=O) groups excluding carboxylic acids is 1. The van der Waals surface area contributed by atoms with Crippen molar-refractivity contribution in [2.75, 3.05) is 6.61 Å². The summed E-state index contributed by atoms with van der Waals surface area (Å²) in [4.78, 5) is 11.5. The molecule has 2 aromatic heterocycles. The molecule has 3 heteroatoms. The molecule has 0 aliphatic carbocycles. The Balaban J connectivity index is 2.39. The molecule has 0 N–H and O–H groups in total. The number of ether oxygens (including phenoxy) is 1. The number of hydrogen-bond donors (Lipinski definition) is 0. The fourth-order valence-electron chi connectivity index (χ4n) is 1.70. The fourth-order valence-corrected chi connectivity index (χ4v) is 1.70. The van der Waals surface area contributed by atoms with E-state index in [-0.39, 0.29) is 5.97 Å². The van der Waals surface area contributed by atoms with Crippen LogP contribution in [0.1, 0.15) is 29.8 Å². The van der Waals surface area contributed by atoms with E-state index in [4.69, 9.17) is 4.74 Å². The lowest BCUT2D eigenvalue weighted by atomic mass is 10.2. The molecule has 0 unspecified atom stereocenters. The van der Waals surface area contributed by atoms with Crippen molar-refractivity contribution in [2.24, 2.45) is 0 Å². The van der Waals surface area contributed by atoms with Gasteiger partial charge in [0.25, 0.3) is 0 Å². The molecule has 0 radical (unpaired) electrons.